The molecule has 5 rings (SSSR count). The van der Waals surface area contributed by atoms with Crippen LogP contribution in [0.4, 0.5) is 10.6 Å². The molecule has 2 aromatic heterocycles. The summed E-state index contributed by atoms with van der Waals surface area (Å²) in [4.78, 5) is 30.1. The standard InChI is InChI=1S/C27H29ClN6O2/c1-27(2,3)36-26(35)33-16-21(17-33)34-18-29-22-23(30-25(28)31-24(22)34)32(14-19-10-6-4-7-11-19)15-20-12-8-5-9-13-20/h4-13,18,21H,14-17H2,1-3H3. The van der Waals surface area contributed by atoms with Crippen molar-refractivity contribution in [2.75, 3.05) is 18.0 Å². The number of nitrogens with zero attached hydrogens (tertiary/aromatic N) is 6. The SMILES string of the molecule is CC(C)(C)OC(=O)N1CC(n2cnc3c(N(Cc4ccccc4)Cc4ccccc4)nc(Cl)nc32)C1. The third-order valence-corrected chi connectivity index (χ3v) is 6.18. The van der Waals surface area contributed by atoms with E-state index in [1.807, 2.05) is 61.7 Å². The van der Waals surface area contributed by atoms with E-state index in [4.69, 9.17) is 21.3 Å². The van der Waals surface area contributed by atoms with E-state index in [1.54, 1.807) is 11.2 Å². The minimum absolute atomic E-state index is 0.0398. The van der Waals surface area contributed by atoms with Crippen molar-refractivity contribution >= 4 is 34.7 Å². The Bertz CT molecular complexity index is 1310. The van der Waals surface area contributed by atoms with Crippen LogP contribution in [0.2, 0.25) is 5.28 Å². The molecule has 0 radical (unpaired) electrons. The number of hydrogen-bond donors (Lipinski definition) is 0. The van der Waals surface area contributed by atoms with E-state index in [-0.39, 0.29) is 17.4 Å². The van der Waals surface area contributed by atoms with Crippen LogP contribution in [-0.4, -0.2) is 49.2 Å². The molecule has 0 unspecified atom stereocenters. The summed E-state index contributed by atoms with van der Waals surface area (Å²) in [6.07, 6.45) is 1.45. The zero-order valence-electron chi connectivity index (χ0n) is 20.6. The smallest absolute Gasteiger partial charge is 0.410 e. The first-order valence-electron chi connectivity index (χ1n) is 12.0. The number of amides is 1. The maximum atomic E-state index is 12.4. The van der Waals surface area contributed by atoms with Crippen molar-refractivity contribution in [1.82, 2.24) is 24.4 Å². The highest BCUT2D eigenvalue weighted by Gasteiger charge is 2.36. The molecule has 3 heterocycles. The molecule has 36 heavy (non-hydrogen) atoms. The summed E-state index contributed by atoms with van der Waals surface area (Å²) < 4.78 is 7.47. The first-order chi connectivity index (χ1) is 17.3. The minimum atomic E-state index is -0.527. The van der Waals surface area contributed by atoms with Crippen molar-refractivity contribution < 1.29 is 9.53 Å². The molecule has 0 bridgehead atoms. The molecule has 4 aromatic rings. The van der Waals surface area contributed by atoms with E-state index < -0.39 is 5.60 Å². The van der Waals surface area contributed by atoms with E-state index >= 15 is 0 Å². The Kier molecular flexibility index (Phi) is 6.53. The van der Waals surface area contributed by atoms with Gasteiger partial charge in [-0.1, -0.05) is 60.7 Å². The third kappa shape index (κ3) is 5.28. The summed E-state index contributed by atoms with van der Waals surface area (Å²) in [7, 11) is 0. The van der Waals surface area contributed by atoms with Gasteiger partial charge in [0.1, 0.15) is 5.60 Å². The average Bonchev–Trinajstić information content (AvgIpc) is 3.21. The molecule has 8 nitrogen and oxygen atoms in total. The van der Waals surface area contributed by atoms with Gasteiger partial charge in [0, 0.05) is 26.2 Å². The lowest BCUT2D eigenvalue weighted by molar-refractivity contribution is 0.00145. The van der Waals surface area contributed by atoms with Crippen molar-refractivity contribution in [3.63, 3.8) is 0 Å². The molecule has 186 valence electrons. The second kappa shape index (κ2) is 9.78. The number of halogens is 1. The van der Waals surface area contributed by atoms with Gasteiger partial charge in [0.2, 0.25) is 5.28 Å². The number of rotatable bonds is 6. The summed E-state index contributed by atoms with van der Waals surface area (Å²) in [5, 5.41) is 0.161. The Balaban J connectivity index is 1.45. The van der Waals surface area contributed by atoms with Crippen molar-refractivity contribution in [3.8, 4) is 0 Å². The maximum Gasteiger partial charge on any atom is 0.410 e. The Morgan fingerprint density at radius 3 is 2.14 bits per heavy atom. The maximum absolute atomic E-state index is 12.4. The lowest BCUT2D eigenvalue weighted by Crippen LogP contribution is -2.52. The number of carbonyl (C=O) groups is 1. The molecule has 9 heteroatoms. The van der Waals surface area contributed by atoms with Gasteiger partial charge >= 0.3 is 6.09 Å². The molecule has 1 fully saturated rings. The van der Waals surface area contributed by atoms with Gasteiger partial charge in [-0.25, -0.2) is 9.78 Å². The minimum Gasteiger partial charge on any atom is -0.444 e. The number of hydrogen-bond acceptors (Lipinski definition) is 6. The van der Waals surface area contributed by atoms with Crippen LogP contribution in [0.3, 0.4) is 0 Å². The molecule has 0 spiro atoms. The number of fused-ring (bicyclic) bond motifs is 1. The molecular formula is C27H29ClN6O2. The largest absolute Gasteiger partial charge is 0.444 e. The fraction of sp³-hybridized carbons (Fsp3) is 0.333. The zero-order chi connectivity index (χ0) is 25.3. The van der Waals surface area contributed by atoms with Crippen LogP contribution in [-0.2, 0) is 17.8 Å². The average molecular weight is 505 g/mol. The lowest BCUT2D eigenvalue weighted by atomic mass is 10.1. The Morgan fingerprint density at radius 2 is 1.58 bits per heavy atom. The molecule has 1 amide bonds. The molecule has 0 aliphatic carbocycles. The predicted octanol–water partition coefficient (Wildman–Crippen LogP) is 5.48. The number of likely N-dealkylation sites (tertiary alicyclic amines) is 1. The summed E-state index contributed by atoms with van der Waals surface area (Å²) >= 11 is 6.45. The predicted molar refractivity (Wildman–Crippen MR) is 140 cm³/mol. The van der Waals surface area contributed by atoms with Crippen molar-refractivity contribution in [2.24, 2.45) is 0 Å². The highest BCUT2D eigenvalue weighted by molar-refractivity contribution is 6.28. The van der Waals surface area contributed by atoms with E-state index in [9.17, 15) is 4.79 Å². The highest BCUT2D eigenvalue weighted by atomic mass is 35.5. The Morgan fingerprint density at radius 1 is 1.00 bits per heavy atom. The zero-order valence-corrected chi connectivity index (χ0v) is 21.4. The van der Waals surface area contributed by atoms with Crippen molar-refractivity contribution in [1.29, 1.82) is 0 Å². The summed E-state index contributed by atoms with van der Waals surface area (Å²) in [5.74, 6) is 0.680. The number of imidazole rings is 1. The van der Waals surface area contributed by atoms with Crippen LogP contribution >= 0.6 is 11.6 Å². The highest BCUT2D eigenvalue weighted by Crippen LogP contribution is 2.31. The van der Waals surface area contributed by atoms with Crippen LogP contribution < -0.4 is 4.90 Å². The summed E-state index contributed by atoms with van der Waals surface area (Å²) in [6, 6.07) is 20.5. The number of ether oxygens (including phenoxy) is 1. The lowest BCUT2D eigenvalue weighted by Gasteiger charge is -2.40. The van der Waals surface area contributed by atoms with Gasteiger partial charge in [-0.15, -0.1) is 0 Å². The quantitative estimate of drug-likeness (QED) is 0.324. The molecule has 0 N–H and O–H groups in total. The number of aromatic nitrogens is 4. The van der Waals surface area contributed by atoms with Crippen LogP contribution in [0, 0.1) is 0 Å². The number of anilines is 1. The van der Waals surface area contributed by atoms with Gasteiger partial charge in [-0.05, 0) is 43.5 Å². The third-order valence-electron chi connectivity index (χ3n) is 6.02. The van der Waals surface area contributed by atoms with Gasteiger partial charge < -0.3 is 19.1 Å². The molecule has 1 aliphatic heterocycles. The van der Waals surface area contributed by atoms with Crippen LogP contribution in [0.5, 0.6) is 0 Å². The van der Waals surface area contributed by atoms with Gasteiger partial charge in [-0.2, -0.15) is 9.97 Å². The Hall–Kier alpha value is -3.65. The molecule has 0 atom stereocenters. The monoisotopic (exact) mass is 504 g/mol. The number of carbonyl (C=O) groups excluding carboxylic acids is 1. The van der Waals surface area contributed by atoms with Gasteiger partial charge in [0.05, 0.1) is 12.4 Å². The second-order valence-corrected chi connectivity index (χ2v) is 10.3. The summed E-state index contributed by atoms with van der Waals surface area (Å²) in [6.45, 7) is 7.92. The van der Waals surface area contributed by atoms with Crippen LogP contribution in [0.25, 0.3) is 11.2 Å². The topological polar surface area (TPSA) is 76.4 Å². The van der Waals surface area contributed by atoms with Gasteiger partial charge in [0.25, 0.3) is 0 Å². The van der Waals surface area contributed by atoms with E-state index in [0.29, 0.717) is 43.2 Å². The second-order valence-electron chi connectivity index (χ2n) is 10.0. The molecule has 0 saturated carbocycles. The Labute approximate surface area is 215 Å². The normalized spacial score (nSPS) is 14.1. The van der Waals surface area contributed by atoms with Crippen LogP contribution in [0.15, 0.2) is 67.0 Å². The van der Waals surface area contributed by atoms with Crippen LogP contribution in [0.1, 0.15) is 37.9 Å². The van der Waals surface area contributed by atoms with E-state index in [2.05, 4.69) is 39.1 Å². The van der Waals surface area contributed by atoms with Gasteiger partial charge in [-0.3, -0.25) is 0 Å². The number of benzene rings is 2. The van der Waals surface area contributed by atoms with Gasteiger partial charge in [0.15, 0.2) is 17.0 Å². The first kappa shape index (κ1) is 24.1. The fourth-order valence-electron chi connectivity index (χ4n) is 4.28. The summed E-state index contributed by atoms with van der Waals surface area (Å²) in [5.41, 5.74) is 3.12. The van der Waals surface area contributed by atoms with E-state index in [0.717, 1.165) is 11.1 Å². The molecule has 1 saturated heterocycles. The van der Waals surface area contributed by atoms with E-state index in [1.165, 1.54) is 0 Å². The molecular weight excluding hydrogens is 476 g/mol. The fourth-order valence-corrected chi connectivity index (χ4v) is 4.44. The van der Waals surface area contributed by atoms with Crippen molar-refractivity contribution in [3.05, 3.63) is 83.4 Å². The first-order valence-corrected chi connectivity index (χ1v) is 12.4. The van der Waals surface area contributed by atoms with Crippen molar-refractivity contribution in [2.45, 2.75) is 45.5 Å². The molecule has 2 aromatic carbocycles. The molecule has 1 aliphatic rings.